The minimum Gasteiger partial charge on any atom is -0.375 e. The summed E-state index contributed by atoms with van der Waals surface area (Å²) in [6.07, 6.45) is 5.39. The van der Waals surface area contributed by atoms with Crippen molar-refractivity contribution < 1.29 is 26.3 Å². The average Bonchev–Trinajstić information content (AvgIpc) is 2.99. The van der Waals surface area contributed by atoms with Crippen LogP contribution in [0.2, 0.25) is 0 Å². The summed E-state index contributed by atoms with van der Waals surface area (Å²) in [4.78, 5) is 18.8. The number of nitrogens with zero attached hydrogens (tertiary/aromatic N) is 2. The van der Waals surface area contributed by atoms with Crippen LogP contribution in [-0.4, -0.2) is 57.6 Å². The first-order valence-electron chi connectivity index (χ1n) is 11.6. The first kappa shape index (κ1) is 24.4. The van der Waals surface area contributed by atoms with Gasteiger partial charge in [0.1, 0.15) is 12.4 Å². The molecule has 1 amide bonds. The highest BCUT2D eigenvalue weighted by atomic mass is 32.3. The summed E-state index contributed by atoms with van der Waals surface area (Å²) in [5, 5.41) is 0. The Labute approximate surface area is 200 Å². The third-order valence-corrected chi connectivity index (χ3v) is 6.96. The number of carbonyl (C=O) groups is 1. The molecule has 0 atom stereocenters. The van der Waals surface area contributed by atoms with E-state index in [-0.39, 0.29) is 24.9 Å². The maximum absolute atomic E-state index is 12.2. The first-order valence-corrected chi connectivity index (χ1v) is 12.9. The quantitative estimate of drug-likeness (QED) is 0.593. The minimum atomic E-state index is -4.11. The molecule has 2 heterocycles. The number of aryl methyl sites for hydroxylation is 2. The fraction of sp³-hybridized carbons (Fsp3) is 0.440. The second-order valence-corrected chi connectivity index (χ2v) is 9.65. The molecule has 4 rings (SSSR count). The lowest BCUT2D eigenvalue weighted by Gasteiger charge is -2.30. The number of aromatic nitrogens is 1. The highest BCUT2D eigenvalue weighted by molar-refractivity contribution is 7.82. The molecule has 0 N–H and O–H groups in total. The molecule has 1 aromatic heterocycles. The monoisotopic (exact) mass is 486 g/mol. The lowest BCUT2D eigenvalue weighted by atomic mass is 9.88. The zero-order valence-electron chi connectivity index (χ0n) is 19.6. The van der Waals surface area contributed by atoms with Crippen LogP contribution < -0.4 is 4.18 Å². The van der Waals surface area contributed by atoms with Gasteiger partial charge in [-0.25, -0.2) is 4.18 Å². The van der Waals surface area contributed by atoms with Gasteiger partial charge in [0.15, 0.2) is 0 Å². The van der Waals surface area contributed by atoms with E-state index < -0.39 is 10.4 Å². The number of ether oxygens (including phenoxy) is 1. The highest BCUT2D eigenvalue weighted by Crippen LogP contribution is 2.39. The van der Waals surface area contributed by atoms with Gasteiger partial charge < -0.3 is 13.8 Å². The van der Waals surface area contributed by atoms with Gasteiger partial charge in [-0.2, -0.15) is 8.42 Å². The van der Waals surface area contributed by atoms with Crippen molar-refractivity contribution in [2.75, 3.05) is 33.4 Å². The van der Waals surface area contributed by atoms with E-state index in [0.717, 1.165) is 53.6 Å². The van der Waals surface area contributed by atoms with Crippen LogP contribution in [0, 0.1) is 0 Å². The molecule has 2 aromatic rings. The molecule has 2 aliphatic rings. The van der Waals surface area contributed by atoms with Crippen molar-refractivity contribution in [3.8, 4) is 5.75 Å². The Morgan fingerprint density at radius 3 is 2.59 bits per heavy atom. The van der Waals surface area contributed by atoms with Crippen LogP contribution in [0.4, 0.5) is 0 Å². The van der Waals surface area contributed by atoms with Crippen LogP contribution in [-0.2, 0) is 37.0 Å². The van der Waals surface area contributed by atoms with Gasteiger partial charge in [0.05, 0.1) is 12.3 Å². The van der Waals surface area contributed by atoms with Gasteiger partial charge in [-0.1, -0.05) is 24.6 Å². The van der Waals surface area contributed by atoms with Crippen LogP contribution in [0.25, 0.3) is 5.57 Å². The van der Waals surface area contributed by atoms with Gasteiger partial charge in [-0.3, -0.25) is 9.78 Å². The molecule has 34 heavy (non-hydrogen) atoms. The molecule has 0 saturated carbocycles. The topological polar surface area (TPSA) is 95.0 Å². The number of fused-ring (bicyclic) bond motifs is 2. The zero-order valence-corrected chi connectivity index (χ0v) is 20.4. The fourth-order valence-corrected chi connectivity index (χ4v) is 5.27. The summed E-state index contributed by atoms with van der Waals surface area (Å²) in [5.41, 5.74) is 6.47. The van der Waals surface area contributed by atoms with Gasteiger partial charge in [-0.05, 0) is 67.0 Å². The number of carbonyl (C=O) groups excluding carboxylic acids is 1. The van der Waals surface area contributed by atoms with Crippen molar-refractivity contribution in [2.45, 2.75) is 39.0 Å². The average molecular weight is 487 g/mol. The van der Waals surface area contributed by atoms with Gasteiger partial charge in [0, 0.05) is 32.0 Å². The summed E-state index contributed by atoms with van der Waals surface area (Å²) in [5.74, 6) is 0.234. The molecule has 0 bridgehead atoms. The number of likely N-dealkylation sites (tertiary alicyclic amines) is 1. The van der Waals surface area contributed by atoms with Crippen LogP contribution in [0.3, 0.4) is 0 Å². The Morgan fingerprint density at radius 2 is 1.85 bits per heavy atom. The Morgan fingerprint density at radius 1 is 1.09 bits per heavy atom. The molecule has 1 aromatic carbocycles. The SMILES string of the molecule is CCCOS(=O)(=O)Oc1ccc2c(c1)CCc1cccnc1C2=C1CCN(C(=O)COC)CC1. The smallest absolute Gasteiger partial charge is 0.375 e. The van der Waals surface area contributed by atoms with Crippen LogP contribution in [0.15, 0.2) is 42.1 Å². The second kappa shape index (κ2) is 10.7. The number of amides is 1. The maximum atomic E-state index is 12.2. The number of piperidine rings is 1. The lowest BCUT2D eigenvalue weighted by Crippen LogP contribution is -2.38. The van der Waals surface area contributed by atoms with Crippen molar-refractivity contribution in [1.29, 1.82) is 0 Å². The Balaban J connectivity index is 1.69. The van der Waals surface area contributed by atoms with Crippen LogP contribution >= 0.6 is 0 Å². The number of hydrogen-bond acceptors (Lipinski definition) is 7. The van der Waals surface area contributed by atoms with E-state index in [9.17, 15) is 13.2 Å². The van der Waals surface area contributed by atoms with Gasteiger partial charge in [0.2, 0.25) is 5.91 Å². The molecule has 1 aliphatic carbocycles. The molecular formula is C25H30N2O6S. The van der Waals surface area contributed by atoms with Crippen molar-refractivity contribution in [2.24, 2.45) is 0 Å². The lowest BCUT2D eigenvalue weighted by molar-refractivity contribution is -0.135. The minimum absolute atomic E-state index is 0.000339. The molecule has 1 saturated heterocycles. The van der Waals surface area contributed by atoms with Gasteiger partial charge in [-0.15, -0.1) is 0 Å². The molecule has 0 radical (unpaired) electrons. The molecular weight excluding hydrogens is 456 g/mol. The second-order valence-electron chi connectivity index (χ2n) is 8.44. The number of methoxy groups -OCH3 is 1. The van der Waals surface area contributed by atoms with E-state index in [2.05, 4.69) is 6.07 Å². The standard InChI is InChI=1S/C25H30N2O6S/c1-3-15-32-34(29,30)33-21-8-9-22-20(16-21)7-6-19-5-4-12-26-25(19)24(22)18-10-13-27(14-11-18)23(28)17-31-2/h4-5,8-9,12,16H,3,6-7,10-11,13-15,17H2,1-2H3. The third kappa shape index (κ3) is 5.48. The van der Waals surface area contributed by atoms with E-state index in [1.54, 1.807) is 18.3 Å². The maximum Gasteiger partial charge on any atom is 0.449 e. The van der Waals surface area contributed by atoms with E-state index >= 15 is 0 Å². The molecule has 9 heteroatoms. The summed E-state index contributed by atoms with van der Waals surface area (Å²) in [6.45, 7) is 3.26. The molecule has 0 unspecified atom stereocenters. The Kier molecular flexibility index (Phi) is 7.65. The summed E-state index contributed by atoms with van der Waals surface area (Å²) in [6, 6.07) is 9.39. The Bertz CT molecular complexity index is 1180. The normalized spacial score (nSPS) is 16.0. The molecule has 8 nitrogen and oxygen atoms in total. The zero-order chi connectivity index (χ0) is 24.1. The van der Waals surface area contributed by atoms with Gasteiger partial charge in [0.25, 0.3) is 0 Å². The summed E-state index contributed by atoms with van der Waals surface area (Å²) < 4.78 is 39.3. The number of rotatable bonds is 7. The van der Waals surface area contributed by atoms with Crippen molar-refractivity contribution >= 4 is 21.9 Å². The third-order valence-electron chi connectivity index (χ3n) is 6.11. The van der Waals surface area contributed by atoms with Crippen LogP contribution in [0.1, 0.15) is 48.6 Å². The van der Waals surface area contributed by atoms with Gasteiger partial charge >= 0.3 is 10.4 Å². The molecule has 1 aliphatic heterocycles. The predicted molar refractivity (Wildman–Crippen MR) is 128 cm³/mol. The molecule has 1 fully saturated rings. The molecule has 0 spiro atoms. The first-order chi connectivity index (χ1) is 16.4. The van der Waals surface area contributed by atoms with Crippen LogP contribution in [0.5, 0.6) is 5.75 Å². The van der Waals surface area contributed by atoms with Crippen molar-refractivity contribution in [1.82, 2.24) is 9.88 Å². The fourth-order valence-electron chi connectivity index (χ4n) is 4.51. The van der Waals surface area contributed by atoms with E-state index in [1.807, 2.05) is 24.0 Å². The molecule has 182 valence electrons. The van der Waals surface area contributed by atoms with Crippen molar-refractivity contribution in [3.05, 3.63) is 64.5 Å². The number of benzene rings is 1. The van der Waals surface area contributed by atoms with E-state index in [4.69, 9.17) is 18.1 Å². The summed E-state index contributed by atoms with van der Waals surface area (Å²) >= 11 is 0. The van der Waals surface area contributed by atoms with Crippen molar-refractivity contribution in [3.63, 3.8) is 0 Å². The predicted octanol–water partition coefficient (Wildman–Crippen LogP) is 3.30. The Hall–Kier alpha value is -2.75. The summed E-state index contributed by atoms with van der Waals surface area (Å²) in [7, 11) is -2.58. The largest absolute Gasteiger partial charge is 0.449 e. The highest BCUT2D eigenvalue weighted by Gasteiger charge is 2.27. The van der Waals surface area contributed by atoms with E-state index in [1.165, 1.54) is 12.7 Å². The number of pyridine rings is 1. The number of hydrogen-bond donors (Lipinski definition) is 0. The van der Waals surface area contributed by atoms with E-state index in [0.29, 0.717) is 19.5 Å².